The minimum absolute atomic E-state index is 0.177. The van der Waals surface area contributed by atoms with Crippen LogP contribution in [0.3, 0.4) is 0 Å². The average Bonchev–Trinajstić information content (AvgIpc) is 3.07. The number of carbonyl (C=O) groups excluding carboxylic acids is 1. The lowest BCUT2D eigenvalue weighted by Gasteiger charge is -2.35. The maximum atomic E-state index is 12.5. The molecule has 1 aromatic carbocycles. The van der Waals surface area contributed by atoms with Gasteiger partial charge in [0.15, 0.2) is 5.58 Å². The van der Waals surface area contributed by atoms with E-state index in [-0.39, 0.29) is 6.03 Å². The molecule has 2 amide bonds. The van der Waals surface area contributed by atoms with Crippen LogP contribution in [0.1, 0.15) is 12.6 Å². The minimum atomic E-state index is -0.513. The third-order valence-electron chi connectivity index (χ3n) is 4.63. The molecule has 4 rings (SSSR count). The van der Waals surface area contributed by atoms with Crippen LogP contribution in [0.15, 0.2) is 39.8 Å². The molecule has 0 aliphatic carbocycles. The van der Waals surface area contributed by atoms with Crippen LogP contribution >= 0.6 is 0 Å². The van der Waals surface area contributed by atoms with Crippen molar-refractivity contribution in [3.05, 3.63) is 46.8 Å². The first-order valence-corrected chi connectivity index (χ1v) is 8.87. The number of anilines is 2. The first-order chi connectivity index (χ1) is 13.1. The number of carbonyl (C=O) groups is 1. The zero-order chi connectivity index (χ0) is 18.8. The highest BCUT2D eigenvalue weighted by atomic mass is 16.4. The molecule has 0 atom stereocenters. The number of nitrogens with zero attached hydrogens (tertiary/aromatic N) is 4. The van der Waals surface area contributed by atoms with Crippen molar-refractivity contribution in [2.75, 3.05) is 36.4 Å². The van der Waals surface area contributed by atoms with Crippen molar-refractivity contribution in [1.82, 2.24) is 19.9 Å². The maximum absolute atomic E-state index is 12.5. The van der Waals surface area contributed by atoms with Gasteiger partial charge in [-0.05, 0) is 18.6 Å². The average molecular weight is 368 g/mol. The summed E-state index contributed by atoms with van der Waals surface area (Å²) in [5.74, 6) is 0.385. The Bertz CT molecular complexity index is 1020. The number of rotatable bonds is 3. The van der Waals surface area contributed by atoms with Gasteiger partial charge in [-0.15, -0.1) is 0 Å². The van der Waals surface area contributed by atoms with E-state index in [9.17, 15) is 9.59 Å². The second-order valence-electron chi connectivity index (χ2n) is 6.35. The summed E-state index contributed by atoms with van der Waals surface area (Å²) in [5.41, 5.74) is 2.61. The number of fused-ring (bicyclic) bond motifs is 1. The molecule has 1 saturated heterocycles. The predicted molar refractivity (Wildman–Crippen MR) is 101 cm³/mol. The Balaban J connectivity index is 1.38. The van der Waals surface area contributed by atoms with Gasteiger partial charge in [0.2, 0.25) is 0 Å². The number of urea groups is 1. The molecule has 0 spiro atoms. The number of H-pyrrole nitrogens is 1. The molecule has 2 aromatic heterocycles. The molecule has 1 aliphatic heterocycles. The topological polar surface area (TPSA) is 107 Å². The van der Waals surface area contributed by atoms with E-state index in [2.05, 4.69) is 32.1 Å². The summed E-state index contributed by atoms with van der Waals surface area (Å²) in [5, 5.41) is 2.85. The summed E-state index contributed by atoms with van der Waals surface area (Å²) in [6.07, 6.45) is 2.45. The van der Waals surface area contributed by atoms with Crippen molar-refractivity contribution < 1.29 is 9.21 Å². The molecule has 9 heteroatoms. The quantitative estimate of drug-likeness (QED) is 0.730. The van der Waals surface area contributed by atoms with E-state index in [1.54, 1.807) is 29.4 Å². The molecule has 3 heterocycles. The molecule has 2 N–H and O–H groups in total. The second-order valence-corrected chi connectivity index (χ2v) is 6.35. The van der Waals surface area contributed by atoms with Gasteiger partial charge in [-0.25, -0.2) is 19.6 Å². The number of benzene rings is 1. The molecule has 1 aliphatic rings. The van der Waals surface area contributed by atoms with Gasteiger partial charge >= 0.3 is 11.8 Å². The van der Waals surface area contributed by atoms with Gasteiger partial charge in [-0.3, -0.25) is 4.98 Å². The maximum Gasteiger partial charge on any atom is 0.417 e. The van der Waals surface area contributed by atoms with Crippen LogP contribution in [-0.4, -0.2) is 52.1 Å². The normalized spacial score (nSPS) is 14.6. The van der Waals surface area contributed by atoms with Crippen LogP contribution in [0.25, 0.3) is 11.1 Å². The van der Waals surface area contributed by atoms with Crippen LogP contribution in [0.4, 0.5) is 16.3 Å². The van der Waals surface area contributed by atoms with Gasteiger partial charge in [0.05, 0.1) is 5.52 Å². The Morgan fingerprint density at radius 1 is 1.22 bits per heavy atom. The van der Waals surface area contributed by atoms with Crippen LogP contribution in [-0.2, 0) is 6.42 Å². The van der Waals surface area contributed by atoms with Crippen LogP contribution < -0.4 is 16.0 Å². The van der Waals surface area contributed by atoms with E-state index in [4.69, 9.17) is 4.42 Å². The molecule has 9 nitrogen and oxygen atoms in total. The Hall–Kier alpha value is -3.36. The molecule has 0 unspecified atom stereocenters. The van der Waals surface area contributed by atoms with Crippen molar-refractivity contribution >= 4 is 28.6 Å². The van der Waals surface area contributed by atoms with E-state index < -0.39 is 5.76 Å². The first-order valence-electron chi connectivity index (χ1n) is 8.87. The highest BCUT2D eigenvalue weighted by Crippen LogP contribution is 2.18. The Morgan fingerprint density at radius 3 is 2.81 bits per heavy atom. The highest BCUT2D eigenvalue weighted by molar-refractivity contribution is 5.91. The van der Waals surface area contributed by atoms with E-state index >= 15 is 0 Å². The Kier molecular flexibility index (Phi) is 4.49. The molecule has 1 fully saturated rings. The zero-order valence-corrected chi connectivity index (χ0v) is 14.9. The van der Waals surface area contributed by atoms with Crippen molar-refractivity contribution in [2.24, 2.45) is 0 Å². The van der Waals surface area contributed by atoms with Crippen molar-refractivity contribution in [3.8, 4) is 0 Å². The van der Waals surface area contributed by atoms with Gasteiger partial charge < -0.3 is 19.5 Å². The van der Waals surface area contributed by atoms with Gasteiger partial charge in [0, 0.05) is 49.7 Å². The standard InChI is InChI=1S/C18H20N6O3/c1-2-12-10-16(20-11-19-12)23-5-7-24(8-6-23)17(25)21-13-3-4-14-15(9-13)27-18(26)22-14/h3-4,9-11H,2,5-8H2,1H3,(H,21,25)(H,22,26). The number of hydrogen-bond donors (Lipinski definition) is 2. The summed E-state index contributed by atoms with van der Waals surface area (Å²) in [6, 6.07) is 6.89. The fraction of sp³-hybridized carbons (Fsp3) is 0.333. The molecule has 0 bridgehead atoms. The van der Waals surface area contributed by atoms with Gasteiger partial charge in [0.25, 0.3) is 0 Å². The third kappa shape index (κ3) is 3.62. The highest BCUT2D eigenvalue weighted by Gasteiger charge is 2.22. The van der Waals surface area contributed by atoms with Crippen molar-refractivity contribution in [2.45, 2.75) is 13.3 Å². The molecular weight excluding hydrogens is 348 g/mol. The predicted octanol–water partition coefficient (Wildman–Crippen LogP) is 1.83. The number of hydrogen-bond acceptors (Lipinski definition) is 6. The summed E-state index contributed by atoms with van der Waals surface area (Å²) in [7, 11) is 0. The number of aromatic amines is 1. The first kappa shape index (κ1) is 17.1. The van der Waals surface area contributed by atoms with Crippen molar-refractivity contribution in [3.63, 3.8) is 0 Å². The van der Waals surface area contributed by atoms with E-state index in [1.807, 2.05) is 6.07 Å². The minimum Gasteiger partial charge on any atom is -0.408 e. The Morgan fingerprint density at radius 2 is 2.04 bits per heavy atom. The van der Waals surface area contributed by atoms with Crippen LogP contribution in [0.5, 0.6) is 0 Å². The lowest BCUT2D eigenvalue weighted by atomic mass is 10.2. The molecule has 3 aromatic rings. The zero-order valence-electron chi connectivity index (χ0n) is 14.9. The van der Waals surface area contributed by atoms with Crippen LogP contribution in [0, 0.1) is 0 Å². The number of aromatic nitrogens is 3. The largest absolute Gasteiger partial charge is 0.417 e. The fourth-order valence-corrected chi connectivity index (χ4v) is 3.12. The summed E-state index contributed by atoms with van der Waals surface area (Å²) >= 11 is 0. The lowest BCUT2D eigenvalue weighted by molar-refractivity contribution is 0.208. The van der Waals surface area contributed by atoms with E-state index in [0.29, 0.717) is 43.0 Å². The molecule has 0 saturated carbocycles. The molecule has 140 valence electrons. The number of nitrogens with one attached hydrogen (secondary N) is 2. The summed E-state index contributed by atoms with van der Waals surface area (Å²) in [4.78, 5) is 38.8. The third-order valence-corrected chi connectivity index (χ3v) is 4.63. The summed E-state index contributed by atoms with van der Waals surface area (Å²) < 4.78 is 5.02. The van der Waals surface area contributed by atoms with Gasteiger partial charge in [0.1, 0.15) is 12.1 Å². The smallest absolute Gasteiger partial charge is 0.408 e. The number of oxazole rings is 1. The molecule has 27 heavy (non-hydrogen) atoms. The van der Waals surface area contributed by atoms with E-state index in [1.165, 1.54) is 0 Å². The monoisotopic (exact) mass is 368 g/mol. The lowest BCUT2D eigenvalue weighted by Crippen LogP contribution is -2.50. The van der Waals surface area contributed by atoms with Crippen LogP contribution in [0.2, 0.25) is 0 Å². The molecule has 0 radical (unpaired) electrons. The molecular formula is C18H20N6O3. The number of piperazine rings is 1. The van der Waals surface area contributed by atoms with Gasteiger partial charge in [-0.2, -0.15) is 0 Å². The number of aryl methyl sites for hydroxylation is 1. The SMILES string of the molecule is CCc1cc(N2CCN(C(=O)Nc3ccc4[nH]c(=O)oc4c3)CC2)ncn1. The second kappa shape index (κ2) is 7.10. The van der Waals surface area contributed by atoms with Crippen molar-refractivity contribution in [1.29, 1.82) is 0 Å². The Labute approximate surface area is 155 Å². The van der Waals surface area contributed by atoms with E-state index in [0.717, 1.165) is 17.9 Å². The van der Waals surface area contributed by atoms with Gasteiger partial charge in [-0.1, -0.05) is 6.92 Å². The fourth-order valence-electron chi connectivity index (χ4n) is 3.12. The number of amides is 2. The summed E-state index contributed by atoms with van der Waals surface area (Å²) in [6.45, 7) is 4.67.